The highest BCUT2D eigenvalue weighted by Crippen LogP contribution is 2.29. The lowest BCUT2D eigenvalue weighted by Crippen LogP contribution is -2.60. The molecule has 23 heavy (non-hydrogen) atoms. The monoisotopic (exact) mass is 318 g/mol. The van der Waals surface area contributed by atoms with E-state index >= 15 is 0 Å². The molecule has 3 rings (SSSR count). The van der Waals surface area contributed by atoms with Crippen LogP contribution in [0.3, 0.4) is 0 Å². The summed E-state index contributed by atoms with van der Waals surface area (Å²) in [5.74, 6) is 1.04. The van der Waals surface area contributed by atoms with E-state index in [0.29, 0.717) is 0 Å². The molecule has 1 aromatic carbocycles. The fraction of sp³-hybridized carbons (Fsp3) is 0.611. The predicted octanol–water partition coefficient (Wildman–Crippen LogP) is 1.91. The van der Waals surface area contributed by atoms with Crippen molar-refractivity contribution >= 4 is 5.91 Å². The Hall–Kier alpha value is -1.59. The Morgan fingerprint density at radius 1 is 1.26 bits per heavy atom. The molecular formula is C18H26N2O3. The highest BCUT2D eigenvalue weighted by Gasteiger charge is 2.41. The highest BCUT2D eigenvalue weighted by atomic mass is 16.5. The lowest BCUT2D eigenvalue weighted by Gasteiger charge is -2.48. The number of methoxy groups -OCH3 is 1. The number of nitrogens with zero attached hydrogens (tertiary/aromatic N) is 2. The van der Waals surface area contributed by atoms with Gasteiger partial charge in [0.2, 0.25) is 5.91 Å². The minimum atomic E-state index is -0.186. The first-order valence-electron chi connectivity index (χ1n) is 8.35. The van der Waals surface area contributed by atoms with Crippen LogP contribution in [-0.2, 0) is 16.1 Å². The van der Waals surface area contributed by atoms with Gasteiger partial charge in [0.25, 0.3) is 0 Å². The Balaban J connectivity index is 1.64. The highest BCUT2D eigenvalue weighted by molar-refractivity contribution is 5.73. The molecule has 1 atom stereocenters. The second-order valence-electron chi connectivity index (χ2n) is 6.63. The second kappa shape index (κ2) is 6.89. The third kappa shape index (κ3) is 3.85. The summed E-state index contributed by atoms with van der Waals surface area (Å²) in [6.07, 6.45) is 2.06. The Labute approximate surface area is 138 Å². The standard InChI is InChI=1S/C18H26N2O3/c1-15(21)20-9-3-8-18(14-20)13-19(10-11-23-18)12-16-4-6-17(22-2)7-5-16/h4-7H,3,8-14H2,1-2H3. The summed E-state index contributed by atoms with van der Waals surface area (Å²) in [6.45, 7) is 6.71. The number of carbonyl (C=O) groups is 1. The van der Waals surface area contributed by atoms with Crippen molar-refractivity contribution in [3.05, 3.63) is 29.8 Å². The van der Waals surface area contributed by atoms with E-state index in [-0.39, 0.29) is 11.5 Å². The first kappa shape index (κ1) is 16.3. The van der Waals surface area contributed by atoms with Crippen LogP contribution in [-0.4, -0.2) is 61.2 Å². The van der Waals surface area contributed by atoms with Gasteiger partial charge < -0.3 is 14.4 Å². The van der Waals surface area contributed by atoms with Gasteiger partial charge in [0.05, 0.1) is 25.9 Å². The summed E-state index contributed by atoms with van der Waals surface area (Å²) in [4.78, 5) is 16.1. The zero-order chi connectivity index (χ0) is 16.3. The molecule has 0 bridgehead atoms. The number of hydrogen-bond donors (Lipinski definition) is 0. The average molecular weight is 318 g/mol. The normalized spacial score (nSPS) is 25.6. The summed E-state index contributed by atoms with van der Waals surface area (Å²) >= 11 is 0. The van der Waals surface area contributed by atoms with Crippen molar-refractivity contribution in [3.8, 4) is 5.75 Å². The molecule has 5 heteroatoms. The first-order chi connectivity index (χ1) is 11.1. The van der Waals surface area contributed by atoms with E-state index in [1.165, 1.54) is 5.56 Å². The Bertz CT molecular complexity index is 542. The Morgan fingerprint density at radius 2 is 2.04 bits per heavy atom. The molecule has 0 saturated carbocycles. The number of amides is 1. The van der Waals surface area contributed by atoms with Crippen LogP contribution in [0.15, 0.2) is 24.3 Å². The van der Waals surface area contributed by atoms with Gasteiger partial charge >= 0.3 is 0 Å². The zero-order valence-electron chi connectivity index (χ0n) is 14.1. The number of benzene rings is 1. The first-order valence-corrected chi connectivity index (χ1v) is 8.35. The third-order valence-corrected chi connectivity index (χ3v) is 4.88. The molecular weight excluding hydrogens is 292 g/mol. The van der Waals surface area contributed by atoms with Gasteiger partial charge in [-0.3, -0.25) is 9.69 Å². The molecule has 1 aromatic rings. The summed E-state index contributed by atoms with van der Waals surface area (Å²) < 4.78 is 11.3. The summed E-state index contributed by atoms with van der Waals surface area (Å²) in [6, 6.07) is 8.24. The van der Waals surface area contributed by atoms with E-state index in [9.17, 15) is 4.79 Å². The molecule has 0 aliphatic carbocycles. The van der Waals surface area contributed by atoms with E-state index in [1.807, 2.05) is 17.0 Å². The minimum absolute atomic E-state index is 0.153. The molecule has 1 spiro atoms. The average Bonchev–Trinajstić information content (AvgIpc) is 2.56. The van der Waals surface area contributed by atoms with Crippen molar-refractivity contribution in [2.24, 2.45) is 0 Å². The molecule has 2 aliphatic heterocycles. The summed E-state index contributed by atoms with van der Waals surface area (Å²) in [5.41, 5.74) is 1.09. The number of rotatable bonds is 3. The lowest BCUT2D eigenvalue weighted by molar-refractivity contribution is -0.156. The van der Waals surface area contributed by atoms with E-state index < -0.39 is 0 Å². The van der Waals surface area contributed by atoms with E-state index in [2.05, 4.69) is 17.0 Å². The van der Waals surface area contributed by atoms with Gasteiger partial charge in [-0.15, -0.1) is 0 Å². The van der Waals surface area contributed by atoms with Crippen LogP contribution in [0.2, 0.25) is 0 Å². The van der Waals surface area contributed by atoms with Gasteiger partial charge in [-0.05, 0) is 30.5 Å². The number of likely N-dealkylation sites (tertiary alicyclic amines) is 1. The van der Waals surface area contributed by atoms with Crippen LogP contribution in [0, 0.1) is 0 Å². The third-order valence-electron chi connectivity index (χ3n) is 4.88. The van der Waals surface area contributed by atoms with Crippen molar-refractivity contribution in [2.75, 3.05) is 39.9 Å². The van der Waals surface area contributed by atoms with Gasteiger partial charge in [0.1, 0.15) is 5.75 Å². The van der Waals surface area contributed by atoms with Crippen molar-refractivity contribution in [3.63, 3.8) is 0 Å². The van der Waals surface area contributed by atoms with E-state index in [4.69, 9.17) is 9.47 Å². The maximum Gasteiger partial charge on any atom is 0.219 e. The molecule has 2 saturated heterocycles. The van der Waals surface area contributed by atoms with Crippen molar-refractivity contribution < 1.29 is 14.3 Å². The second-order valence-corrected chi connectivity index (χ2v) is 6.63. The maximum absolute atomic E-state index is 11.7. The Morgan fingerprint density at radius 3 is 2.74 bits per heavy atom. The van der Waals surface area contributed by atoms with Crippen molar-refractivity contribution in [1.29, 1.82) is 0 Å². The van der Waals surface area contributed by atoms with E-state index in [1.54, 1.807) is 14.0 Å². The molecule has 1 amide bonds. The molecule has 2 aliphatic rings. The largest absolute Gasteiger partial charge is 0.497 e. The number of ether oxygens (including phenoxy) is 2. The number of piperidine rings is 1. The van der Waals surface area contributed by atoms with Crippen LogP contribution in [0.4, 0.5) is 0 Å². The zero-order valence-corrected chi connectivity index (χ0v) is 14.1. The van der Waals surface area contributed by atoms with Crippen molar-refractivity contribution in [2.45, 2.75) is 31.9 Å². The molecule has 2 heterocycles. The fourth-order valence-corrected chi connectivity index (χ4v) is 3.66. The topological polar surface area (TPSA) is 42.0 Å². The number of hydrogen-bond acceptors (Lipinski definition) is 4. The van der Waals surface area contributed by atoms with Gasteiger partial charge in [0.15, 0.2) is 0 Å². The molecule has 1 unspecified atom stereocenters. The number of carbonyl (C=O) groups excluding carboxylic acids is 1. The molecule has 0 radical (unpaired) electrons. The maximum atomic E-state index is 11.7. The smallest absolute Gasteiger partial charge is 0.219 e. The van der Waals surface area contributed by atoms with Gasteiger partial charge in [-0.1, -0.05) is 12.1 Å². The Kier molecular flexibility index (Phi) is 4.87. The SMILES string of the molecule is COc1ccc(CN2CCOC3(CCCN(C(C)=O)C3)C2)cc1. The molecule has 0 aromatic heterocycles. The van der Waals surface area contributed by atoms with Crippen LogP contribution in [0.25, 0.3) is 0 Å². The summed E-state index contributed by atoms with van der Waals surface area (Å²) in [5, 5.41) is 0. The van der Waals surface area contributed by atoms with Crippen LogP contribution in [0.1, 0.15) is 25.3 Å². The van der Waals surface area contributed by atoms with Crippen molar-refractivity contribution in [1.82, 2.24) is 9.80 Å². The number of morpholine rings is 1. The van der Waals surface area contributed by atoms with Crippen LogP contribution in [0.5, 0.6) is 5.75 Å². The van der Waals surface area contributed by atoms with Gasteiger partial charge in [0, 0.05) is 33.1 Å². The van der Waals surface area contributed by atoms with E-state index in [0.717, 1.165) is 57.9 Å². The quantitative estimate of drug-likeness (QED) is 0.854. The van der Waals surface area contributed by atoms with Crippen LogP contribution >= 0.6 is 0 Å². The summed E-state index contributed by atoms with van der Waals surface area (Å²) in [7, 11) is 1.69. The van der Waals surface area contributed by atoms with Gasteiger partial charge in [-0.2, -0.15) is 0 Å². The predicted molar refractivity (Wildman–Crippen MR) is 88.4 cm³/mol. The molecule has 2 fully saturated rings. The molecule has 0 N–H and O–H groups in total. The molecule has 126 valence electrons. The fourth-order valence-electron chi connectivity index (χ4n) is 3.66. The van der Waals surface area contributed by atoms with Gasteiger partial charge in [-0.25, -0.2) is 0 Å². The molecule has 5 nitrogen and oxygen atoms in total. The van der Waals surface area contributed by atoms with Crippen LogP contribution < -0.4 is 4.74 Å². The lowest BCUT2D eigenvalue weighted by atomic mass is 9.90. The minimum Gasteiger partial charge on any atom is -0.497 e.